The Labute approximate surface area is 127 Å². The molecular formula is C13H16INO3S. The third-order valence-electron chi connectivity index (χ3n) is 3.26. The summed E-state index contributed by atoms with van der Waals surface area (Å²) in [4.78, 5) is 11.9. The van der Waals surface area contributed by atoms with Gasteiger partial charge in [-0.15, -0.1) is 0 Å². The van der Waals surface area contributed by atoms with E-state index >= 15 is 0 Å². The molecule has 0 aliphatic carbocycles. The molecule has 1 N–H and O–H groups in total. The van der Waals surface area contributed by atoms with Gasteiger partial charge >= 0.3 is 0 Å². The van der Waals surface area contributed by atoms with E-state index in [1.165, 1.54) is 0 Å². The fourth-order valence-electron chi connectivity index (χ4n) is 2.26. The van der Waals surface area contributed by atoms with E-state index in [1.807, 2.05) is 25.1 Å². The maximum atomic E-state index is 11.9. The first-order valence-corrected chi connectivity index (χ1v) is 9.02. The van der Waals surface area contributed by atoms with Gasteiger partial charge in [0.1, 0.15) is 0 Å². The summed E-state index contributed by atoms with van der Waals surface area (Å²) in [6.45, 7) is 1.94. The van der Waals surface area contributed by atoms with E-state index < -0.39 is 9.84 Å². The van der Waals surface area contributed by atoms with Gasteiger partial charge in [0.15, 0.2) is 9.84 Å². The molecule has 19 heavy (non-hydrogen) atoms. The van der Waals surface area contributed by atoms with Crippen LogP contribution in [0.5, 0.6) is 0 Å². The number of rotatable bonds is 3. The van der Waals surface area contributed by atoms with E-state index in [0.29, 0.717) is 6.42 Å². The number of carbonyl (C=O) groups is 1. The highest BCUT2D eigenvalue weighted by molar-refractivity contribution is 14.1. The fraction of sp³-hybridized carbons (Fsp3) is 0.462. The largest absolute Gasteiger partial charge is 0.326 e. The zero-order valence-electron chi connectivity index (χ0n) is 10.6. The number of anilines is 1. The average molecular weight is 393 g/mol. The topological polar surface area (TPSA) is 63.2 Å². The first-order valence-electron chi connectivity index (χ1n) is 6.12. The van der Waals surface area contributed by atoms with Gasteiger partial charge in [0.2, 0.25) is 5.91 Å². The minimum absolute atomic E-state index is 0.0332. The molecule has 1 aromatic rings. The first-order chi connectivity index (χ1) is 8.85. The molecule has 0 unspecified atom stereocenters. The Morgan fingerprint density at radius 2 is 2.21 bits per heavy atom. The molecule has 0 radical (unpaired) electrons. The Morgan fingerprint density at radius 1 is 1.47 bits per heavy atom. The summed E-state index contributed by atoms with van der Waals surface area (Å²) in [7, 11) is -2.91. The quantitative estimate of drug-likeness (QED) is 0.803. The van der Waals surface area contributed by atoms with Crippen molar-refractivity contribution in [1.29, 1.82) is 0 Å². The van der Waals surface area contributed by atoms with Gasteiger partial charge in [0.05, 0.1) is 11.5 Å². The van der Waals surface area contributed by atoms with Crippen molar-refractivity contribution >= 4 is 44.0 Å². The van der Waals surface area contributed by atoms with E-state index in [9.17, 15) is 13.2 Å². The van der Waals surface area contributed by atoms with Crippen LogP contribution in [0.25, 0.3) is 0 Å². The van der Waals surface area contributed by atoms with Gasteiger partial charge in [0, 0.05) is 15.7 Å². The zero-order chi connectivity index (χ0) is 14.0. The highest BCUT2D eigenvalue weighted by Crippen LogP contribution is 2.23. The van der Waals surface area contributed by atoms with E-state index in [4.69, 9.17) is 0 Å². The Balaban J connectivity index is 1.95. The van der Waals surface area contributed by atoms with Crippen LogP contribution in [0, 0.1) is 16.4 Å². The van der Waals surface area contributed by atoms with Crippen molar-refractivity contribution in [2.75, 3.05) is 16.8 Å². The Morgan fingerprint density at radius 3 is 2.79 bits per heavy atom. The molecule has 1 amide bonds. The van der Waals surface area contributed by atoms with Crippen molar-refractivity contribution in [2.24, 2.45) is 5.92 Å². The smallest absolute Gasteiger partial charge is 0.224 e. The number of benzene rings is 1. The lowest BCUT2D eigenvalue weighted by Gasteiger charge is -2.11. The molecule has 1 aromatic carbocycles. The van der Waals surface area contributed by atoms with Crippen molar-refractivity contribution in [1.82, 2.24) is 0 Å². The summed E-state index contributed by atoms with van der Waals surface area (Å²) in [5.41, 5.74) is 1.81. The van der Waals surface area contributed by atoms with Gasteiger partial charge in [0.25, 0.3) is 0 Å². The van der Waals surface area contributed by atoms with Crippen molar-refractivity contribution in [3.05, 3.63) is 27.3 Å². The predicted molar refractivity (Wildman–Crippen MR) is 83.9 cm³/mol. The van der Waals surface area contributed by atoms with Crippen LogP contribution >= 0.6 is 22.6 Å². The molecule has 0 saturated carbocycles. The monoisotopic (exact) mass is 393 g/mol. The molecule has 0 bridgehead atoms. The van der Waals surface area contributed by atoms with Crippen LogP contribution in [-0.2, 0) is 14.6 Å². The van der Waals surface area contributed by atoms with Crippen molar-refractivity contribution in [3.8, 4) is 0 Å². The van der Waals surface area contributed by atoms with Gasteiger partial charge in [-0.05, 0) is 65.6 Å². The molecule has 1 aliphatic heterocycles. The lowest BCUT2D eigenvalue weighted by molar-refractivity contribution is -0.116. The molecule has 1 saturated heterocycles. The van der Waals surface area contributed by atoms with E-state index in [0.717, 1.165) is 14.8 Å². The van der Waals surface area contributed by atoms with E-state index in [1.54, 1.807) is 0 Å². The van der Waals surface area contributed by atoms with Crippen molar-refractivity contribution in [2.45, 2.75) is 19.8 Å². The summed E-state index contributed by atoms with van der Waals surface area (Å²) < 4.78 is 23.8. The number of aryl methyl sites for hydroxylation is 1. The summed E-state index contributed by atoms with van der Waals surface area (Å²) in [5.74, 6) is 0.222. The normalized spacial score (nSPS) is 21.3. The second-order valence-electron chi connectivity index (χ2n) is 4.98. The number of hydrogen-bond acceptors (Lipinski definition) is 3. The molecule has 0 aromatic heterocycles. The maximum absolute atomic E-state index is 11.9. The standard InChI is InChI=1S/C13H16INO3S/c1-9-6-11(14)2-3-12(9)15-13(16)7-10-4-5-19(17,18)8-10/h2-3,6,10H,4-5,7-8H2,1H3,(H,15,16)/t10-/m1/s1. The van der Waals surface area contributed by atoms with Crippen molar-refractivity contribution < 1.29 is 13.2 Å². The highest BCUT2D eigenvalue weighted by atomic mass is 127. The molecule has 4 nitrogen and oxygen atoms in total. The second-order valence-corrected chi connectivity index (χ2v) is 8.45. The number of carbonyl (C=O) groups excluding carboxylic acids is 1. The van der Waals surface area contributed by atoms with Crippen LogP contribution in [0.1, 0.15) is 18.4 Å². The molecule has 0 spiro atoms. The molecule has 2 rings (SSSR count). The SMILES string of the molecule is Cc1cc(I)ccc1NC(=O)C[C@H]1CCS(=O)(=O)C1. The maximum Gasteiger partial charge on any atom is 0.224 e. The van der Waals surface area contributed by atoms with Gasteiger partial charge < -0.3 is 5.32 Å². The number of amides is 1. The summed E-state index contributed by atoms with van der Waals surface area (Å²) >= 11 is 2.22. The second kappa shape index (κ2) is 5.78. The van der Waals surface area contributed by atoms with Crippen LogP contribution < -0.4 is 5.32 Å². The first kappa shape index (κ1) is 14.8. The molecular weight excluding hydrogens is 377 g/mol. The molecule has 6 heteroatoms. The van der Waals surface area contributed by atoms with Crippen LogP contribution in [0.4, 0.5) is 5.69 Å². The summed E-state index contributed by atoms with van der Waals surface area (Å²) in [6.07, 6.45) is 0.881. The van der Waals surface area contributed by atoms with E-state index in [2.05, 4.69) is 27.9 Å². The summed E-state index contributed by atoms with van der Waals surface area (Å²) in [5, 5.41) is 2.85. The van der Waals surface area contributed by atoms with Crippen LogP contribution in [0.15, 0.2) is 18.2 Å². The Kier molecular flexibility index (Phi) is 4.50. The van der Waals surface area contributed by atoms with Crippen LogP contribution in [0.2, 0.25) is 0 Å². The number of sulfone groups is 1. The third kappa shape index (κ3) is 4.17. The van der Waals surface area contributed by atoms with Crippen molar-refractivity contribution in [3.63, 3.8) is 0 Å². The average Bonchev–Trinajstić information content (AvgIpc) is 2.62. The molecule has 1 atom stereocenters. The molecule has 1 heterocycles. The Hall–Kier alpha value is -0.630. The number of nitrogens with one attached hydrogen (secondary N) is 1. The summed E-state index contributed by atoms with van der Waals surface area (Å²) in [6, 6.07) is 5.81. The zero-order valence-corrected chi connectivity index (χ0v) is 13.6. The predicted octanol–water partition coefficient (Wildman–Crippen LogP) is 2.36. The van der Waals surface area contributed by atoms with Gasteiger partial charge in [-0.25, -0.2) is 8.42 Å². The molecule has 104 valence electrons. The minimum atomic E-state index is -2.91. The Bertz CT molecular complexity index is 598. The highest BCUT2D eigenvalue weighted by Gasteiger charge is 2.29. The number of halogens is 1. The minimum Gasteiger partial charge on any atom is -0.326 e. The molecule has 1 fully saturated rings. The van der Waals surface area contributed by atoms with Crippen LogP contribution in [0.3, 0.4) is 0 Å². The third-order valence-corrected chi connectivity index (χ3v) is 5.77. The van der Waals surface area contributed by atoms with Gasteiger partial charge in [-0.3, -0.25) is 4.79 Å². The lowest BCUT2D eigenvalue weighted by Crippen LogP contribution is -2.18. The van der Waals surface area contributed by atoms with Crippen LogP contribution in [-0.4, -0.2) is 25.8 Å². The lowest BCUT2D eigenvalue weighted by atomic mass is 10.0. The van der Waals surface area contributed by atoms with Gasteiger partial charge in [-0.1, -0.05) is 0 Å². The molecule has 1 aliphatic rings. The van der Waals surface area contributed by atoms with E-state index in [-0.39, 0.29) is 29.8 Å². The number of hydrogen-bond donors (Lipinski definition) is 1. The van der Waals surface area contributed by atoms with Gasteiger partial charge in [-0.2, -0.15) is 0 Å². The fourth-order valence-corrected chi connectivity index (χ4v) is 4.77.